The topological polar surface area (TPSA) is 48.0 Å². The minimum atomic E-state index is -0.585. The van der Waals surface area contributed by atoms with Crippen LogP contribution in [0.15, 0.2) is 0 Å². The van der Waals surface area contributed by atoms with Gasteiger partial charge >= 0.3 is 5.97 Å². The molecule has 0 aromatic heterocycles. The maximum atomic E-state index is 11.5. The van der Waals surface area contributed by atoms with Crippen molar-refractivity contribution in [3.63, 3.8) is 0 Å². The molecule has 0 bridgehead atoms. The molecule has 0 radical (unpaired) electrons. The average Bonchev–Trinajstić information content (AvgIpc) is 2.70. The molecule has 2 saturated heterocycles. The summed E-state index contributed by atoms with van der Waals surface area (Å²) in [6, 6.07) is -0.384. The second kappa shape index (κ2) is 4.29. The van der Waals surface area contributed by atoms with Crippen molar-refractivity contribution in [3.05, 3.63) is 0 Å². The number of hydrogen-bond acceptors (Lipinski definition) is 6. The van der Waals surface area contributed by atoms with E-state index in [0.717, 1.165) is 6.42 Å². The zero-order valence-corrected chi connectivity index (χ0v) is 9.53. The lowest BCUT2D eigenvalue weighted by Crippen LogP contribution is -2.51. The zero-order chi connectivity index (χ0) is 10.9. The summed E-state index contributed by atoms with van der Waals surface area (Å²) in [5.41, 5.74) is 0. The van der Waals surface area contributed by atoms with Crippen LogP contribution in [0.5, 0.6) is 0 Å². The van der Waals surface area contributed by atoms with Gasteiger partial charge in [0.1, 0.15) is 6.04 Å². The van der Waals surface area contributed by atoms with Gasteiger partial charge in [0.25, 0.3) is 0 Å². The smallest absolute Gasteiger partial charge is 0.324 e. The number of ether oxygens (including phenoxy) is 3. The summed E-state index contributed by atoms with van der Waals surface area (Å²) >= 11 is 4.25. The molecule has 2 rings (SSSR count). The molecule has 2 aliphatic rings. The van der Waals surface area contributed by atoms with Crippen molar-refractivity contribution in [2.75, 3.05) is 26.9 Å². The van der Waals surface area contributed by atoms with E-state index in [-0.39, 0.29) is 12.0 Å². The highest BCUT2D eigenvalue weighted by Gasteiger charge is 2.46. The molecule has 15 heavy (non-hydrogen) atoms. The van der Waals surface area contributed by atoms with Gasteiger partial charge in [0.05, 0.1) is 20.3 Å². The predicted molar refractivity (Wildman–Crippen MR) is 55.4 cm³/mol. The molecule has 1 unspecified atom stereocenters. The van der Waals surface area contributed by atoms with Crippen LogP contribution in [0.3, 0.4) is 0 Å². The second-order valence-corrected chi connectivity index (χ2v) is 4.28. The molecule has 1 spiro atoms. The summed E-state index contributed by atoms with van der Waals surface area (Å²) in [6.07, 6.45) is 1.23. The van der Waals surface area contributed by atoms with Crippen LogP contribution in [0.1, 0.15) is 12.8 Å². The van der Waals surface area contributed by atoms with Gasteiger partial charge in [-0.05, 0) is 0 Å². The van der Waals surface area contributed by atoms with Crippen molar-refractivity contribution < 1.29 is 19.0 Å². The van der Waals surface area contributed by atoms with Gasteiger partial charge in [-0.3, -0.25) is 4.79 Å². The van der Waals surface area contributed by atoms with Gasteiger partial charge in [-0.2, -0.15) is 0 Å². The third-order valence-corrected chi connectivity index (χ3v) is 3.35. The molecule has 0 aliphatic carbocycles. The first kappa shape index (κ1) is 11.2. The summed E-state index contributed by atoms with van der Waals surface area (Å²) in [6.45, 7) is 1.85. The van der Waals surface area contributed by atoms with Crippen molar-refractivity contribution in [1.29, 1.82) is 0 Å². The van der Waals surface area contributed by atoms with Crippen molar-refractivity contribution in [1.82, 2.24) is 4.31 Å². The Balaban J connectivity index is 2.06. The highest BCUT2D eigenvalue weighted by atomic mass is 32.1. The van der Waals surface area contributed by atoms with E-state index in [1.807, 2.05) is 0 Å². The summed E-state index contributed by atoms with van der Waals surface area (Å²) in [4.78, 5) is 11.5. The molecule has 1 atom stereocenters. The molecular weight excluding hydrogens is 218 g/mol. The van der Waals surface area contributed by atoms with Crippen molar-refractivity contribution >= 4 is 18.8 Å². The summed E-state index contributed by atoms with van der Waals surface area (Å²) in [7, 11) is 1.38. The summed E-state index contributed by atoms with van der Waals surface area (Å²) < 4.78 is 17.5. The SMILES string of the molecule is COC(=O)C1CC2(CCN1S)OCCO2. The number of carbonyl (C=O) groups excluding carboxylic acids is 1. The third kappa shape index (κ3) is 2.13. The number of hydrogen-bond donors (Lipinski definition) is 1. The predicted octanol–water partition coefficient (Wildman–Crippen LogP) is 0.212. The van der Waals surface area contributed by atoms with E-state index in [0.29, 0.717) is 26.2 Å². The minimum Gasteiger partial charge on any atom is -0.468 e. The maximum absolute atomic E-state index is 11.5. The van der Waals surface area contributed by atoms with Crippen molar-refractivity contribution in [2.24, 2.45) is 0 Å². The Morgan fingerprint density at radius 1 is 1.53 bits per heavy atom. The van der Waals surface area contributed by atoms with E-state index in [9.17, 15) is 4.79 Å². The second-order valence-electron chi connectivity index (χ2n) is 3.76. The van der Waals surface area contributed by atoms with Crippen molar-refractivity contribution in [2.45, 2.75) is 24.7 Å². The Morgan fingerprint density at radius 3 is 2.80 bits per heavy atom. The van der Waals surface area contributed by atoms with Crippen molar-refractivity contribution in [3.8, 4) is 0 Å². The van der Waals surface area contributed by atoms with Gasteiger partial charge in [-0.1, -0.05) is 12.8 Å². The average molecular weight is 233 g/mol. The molecule has 6 heteroatoms. The Morgan fingerprint density at radius 2 is 2.20 bits per heavy atom. The molecule has 2 aliphatic heterocycles. The Labute approximate surface area is 94.2 Å². The molecule has 2 heterocycles. The Hall–Kier alpha value is -0.300. The monoisotopic (exact) mass is 233 g/mol. The molecule has 0 N–H and O–H groups in total. The highest BCUT2D eigenvalue weighted by Crippen LogP contribution is 2.35. The molecule has 5 nitrogen and oxygen atoms in total. The lowest BCUT2D eigenvalue weighted by molar-refractivity contribution is -0.195. The summed E-state index contributed by atoms with van der Waals surface area (Å²) in [5, 5.41) is 0. The fourth-order valence-electron chi connectivity index (χ4n) is 2.04. The number of methoxy groups -OCH3 is 1. The molecule has 0 aromatic carbocycles. The van der Waals surface area contributed by atoms with Crippen LogP contribution in [0.4, 0.5) is 0 Å². The largest absolute Gasteiger partial charge is 0.468 e. The van der Waals surface area contributed by atoms with Gasteiger partial charge in [-0.25, -0.2) is 4.31 Å². The normalized spacial score (nSPS) is 30.7. The molecule has 0 aromatic rings. The lowest BCUT2D eigenvalue weighted by atomic mass is 9.98. The third-order valence-electron chi connectivity index (χ3n) is 2.87. The van der Waals surface area contributed by atoms with Crippen LogP contribution in [-0.2, 0) is 19.0 Å². The van der Waals surface area contributed by atoms with Crippen LogP contribution in [0.25, 0.3) is 0 Å². The fourth-order valence-corrected chi connectivity index (χ4v) is 2.32. The summed E-state index contributed by atoms with van der Waals surface area (Å²) in [5.74, 6) is -0.874. The van der Waals surface area contributed by atoms with E-state index in [2.05, 4.69) is 12.8 Å². The number of carbonyl (C=O) groups is 1. The van der Waals surface area contributed by atoms with Crippen LogP contribution in [0, 0.1) is 0 Å². The van der Waals surface area contributed by atoms with Crippen LogP contribution in [0.2, 0.25) is 0 Å². The number of piperidine rings is 1. The molecular formula is C9H15NO4S. The van der Waals surface area contributed by atoms with Gasteiger partial charge in [0.15, 0.2) is 5.79 Å². The first-order valence-corrected chi connectivity index (χ1v) is 5.38. The quantitative estimate of drug-likeness (QED) is 0.518. The Kier molecular flexibility index (Phi) is 3.20. The minimum absolute atomic E-state index is 0.289. The van der Waals surface area contributed by atoms with Gasteiger partial charge in [0.2, 0.25) is 0 Å². The van der Waals surface area contributed by atoms with E-state index in [1.165, 1.54) is 7.11 Å². The van der Waals surface area contributed by atoms with Gasteiger partial charge in [-0.15, -0.1) is 0 Å². The maximum Gasteiger partial charge on any atom is 0.324 e. The Bertz CT molecular complexity index is 254. The van der Waals surface area contributed by atoms with E-state index < -0.39 is 5.79 Å². The van der Waals surface area contributed by atoms with Gasteiger partial charge < -0.3 is 14.2 Å². The zero-order valence-electron chi connectivity index (χ0n) is 8.64. The number of rotatable bonds is 1. The van der Waals surface area contributed by atoms with E-state index >= 15 is 0 Å². The van der Waals surface area contributed by atoms with E-state index in [4.69, 9.17) is 14.2 Å². The first-order valence-electron chi connectivity index (χ1n) is 4.98. The molecule has 0 saturated carbocycles. The van der Waals surface area contributed by atoms with Crippen LogP contribution < -0.4 is 0 Å². The standard InChI is InChI=1S/C9H15NO4S/c1-12-8(11)7-6-9(2-3-10(7)15)13-4-5-14-9/h7,15H,2-6H2,1H3. The number of thiol groups is 1. The lowest BCUT2D eigenvalue weighted by Gasteiger charge is -2.39. The number of esters is 1. The van der Waals surface area contributed by atoms with Crippen LogP contribution >= 0.6 is 12.8 Å². The highest BCUT2D eigenvalue weighted by molar-refractivity contribution is 7.77. The first-order chi connectivity index (χ1) is 7.17. The molecule has 0 amide bonds. The molecule has 2 fully saturated rings. The fraction of sp³-hybridized carbons (Fsp3) is 0.889. The molecule has 86 valence electrons. The van der Waals surface area contributed by atoms with Crippen LogP contribution in [-0.4, -0.2) is 49.0 Å². The van der Waals surface area contributed by atoms with Gasteiger partial charge in [0, 0.05) is 19.4 Å². The number of nitrogens with zero attached hydrogens (tertiary/aromatic N) is 1. The van der Waals surface area contributed by atoms with E-state index in [1.54, 1.807) is 4.31 Å².